The normalized spacial score (nSPS) is 16.9. The van der Waals surface area contributed by atoms with E-state index < -0.39 is 0 Å². The van der Waals surface area contributed by atoms with Gasteiger partial charge in [-0.2, -0.15) is 0 Å². The molecule has 1 aromatic carbocycles. The highest BCUT2D eigenvalue weighted by Crippen LogP contribution is 2.13. The zero-order valence-electron chi connectivity index (χ0n) is 11.6. The van der Waals surface area contributed by atoms with E-state index in [1.807, 2.05) is 0 Å². The molecule has 0 amide bonds. The summed E-state index contributed by atoms with van der Waals surface area (Å²) in [5.41, 5.74) is 2.85. The van der Waals surface area contributed by atoms with Crippen LogP contribution in [-0.4, -0.2) is 24.5 Å². The molecule has 0 radical (unpaired) electrons. The van der Waals surface area contributed by atoms with Crippen LogP contribution in [0.2, 0.25) is 0 Å². The summed E-state index contributed by atoms with van der Waals surface area (Å²) in [7, 11) is 0. The Morgan fingerprint density at radius 2 is 1.67 bits per heavy atom. The molecule has 0 aliphatic carbocycles. The zero-order valence-corrected chi connectivity index (χ0v) is 11.6. The predicted octanol–water partition coefficient (Wildman–Crippen LogP) is 3.17. The van der Waals surface area contributed by atoms with Gasteiger partial charge in [-0.05, 0) is 50.0 Å². The Kier molecular flexibility index (Phi) is 5.69. The molecule has 0 aromatic heterocycles. The lowest BCUT2D eigenvalue weighted by Gasteiger charge is -2.26. The first-order valence-corrected chi connectivity index (χ1v) is 7.39. The van der Waals surface area contributed by atoms with Gasteiger partial charge in [-0.3, -0.25) is 4.90 Å². The van der Waals surface area contributed by atoms with E-state index in [0.717, 1.165) is 19.6 Å². The highest BCUT2D eigenvalue weighted by atomic mass is 15.1. The summed E-state index contributed by atoms with van der Waals surface area (Å²) in [6.45, 7) is 7.99. The van der Waals surface area contributed by atoms with Crippen LogP contribution in [0.5, 0.6) is 0 Å². The quantitative estimate of drug-likeness (QED) is 0.776. The fourth-order valence-corrected chi connectivity index (χ4v) is 2.55. The van der Waals surface area contributed by atoms with E-state index in [-0.39, 0.29) is 0 Å². The summed E-state index contributed by atoms with van der Waals surface area (Å²) < 4.78 is 0. The summed E-state index contributed by atoms with van der Waals surface area (Å²) >= 11 is 0. The topological polar surface area (TPSA) is 15.3 Å². The predicted molar refractivity (Wildman–Crippen MR) is 77.6 cm³/mol. The summed E-state index contributed by atoms with van der Waals surface area (Å²) in [5.74, 6) is 0. The average molecular weight is 246 g/mol. The van der Waals surface area contributed by atoms with Crippen LogP contribution in [0.25, 0.3) is 0 Å². The molecular weight excluding hydrogens is 220 g/mol. The molecule has 0 unspecified atom stereocenters. The third-order valence-electron chi connectivity index (χ3n) is 3.63. The smallest absolute Gasteiger partial charge is 0.0233 e. The first-order chi connectivity index (χ1) is 8.88. The van der Waals surface area contributed by atoms with Crippen molar-refractivity contribution in [3.63, 3.8) is 0 Å². The maximum absolute atomic E-state index is 3.44. The summed E-state index contributed by atoms with van der Waals surface area (Å²) in [6, 6.07) is 9.11. The van der Waals surface area contributed by atoms with Gasteiger partial charge in [0.15, 0.2) is 0 Å². The minimum atomic E-state index is 0.998. The molecule has 1 fully saturated rings. The zero-order chi connectivity index (χ0) is 12.6. The van der Waals surface area contributed by atoms with Crippen LogP contribution in [0.1, 0.15) is 43.7 Å². The van der Waals surface area contributed by atoms with Crippen molar-refractivity contribution in [3.05, 3.63) is 35.4 Å². The first kappa shape index (κ1) is 13.6. The lowest BCUT2D eigenvalue weighted by molar-refractivity contribution is 0.221. The molecule has 0 atom stereocenters. The van der Waals surface area contributed by atoms with E-state index in [2.05, 4.69) is 41.4 Å². The number of hydrogen-bond acceptors (Lipinski definition) is 2. The van der Waals surface area contributed by atoms with Gasteiger partial charge in [0.2, 0.25) is 0 Å². The van der Waals surface area contributed by atoms with Crippen LogP contribution in [0.3, 0.4) is 0 Å². The molecule has 1 saturated heterocycles. The Morgan fingerprint density at radius 3 is 2.33 bits per heavy atom. The molecule has 1 aliphatic heterocycles. The molecule has 2 heteroatoms. The molecule has 1 N–H and O–H groups in total. The van der Waals surface area contributed by atoms with Crippen molar-refractivity contribution in [1.29, 1.82) is 0 Å². The second kappa shape index (κ2) is 7.55. The molecule has 2 nitrogen and oxygen atoms in total. The molecule has 1 aromatic rings. The first-order valence-electron chi connectivity index (χ1n) is 7.39. The second-order valence-electron chi connectivity index (χ2n) is 5.33. The van der Waals surface area contributed by atoms with E-state index in [9.17, 15) is 0 Å². The number of rotatable bonds is 6. The monoisotopic (exact) mass is 246 g/mol. The molecular formula is C16H26N2. The number of hydrogen-bond donors (Lipinski definition) is 1. The van der Waals surface area contributed by atoms with Crippen LogP contribution in [0.15, 0.2) is 24.3 Å². The second-order valence-corrected chi connectivity index (χ2v) is 5.33. The fraction of sp³-hybridized carbons (Fsp3) is 0.625. The Balaban J connectivity index is 1.79. The maximum atomic E-state index is 3.44. The van der Waals surface area contributed by atoms with Crippen LogP contribution < -0.4 is 5.32 Å². The van der Waals surface area contributed by atoms with E-state index in [1.165, 1.54) is 49.9 Å². The van der Waals surface area contributed by atoms with E-state index in [1.54, 1.807) is 0 Å². The number of benzene rings is 1. The van der Waals surface area contributed by atoms with E-state index in [4.69, 9.17) is 0 Å². The van der Waals surface area contributed by atoms with Crippen molar-refractivity contribution in [3.8, 4) is 0 Å². The third-order valence-corrected chi connectivity index (χ3v) is 3.63. The Bertz CT molecular complexity index is 325. The van der Waals surface area contributed by atoms with Crippen molar-refractivity contribution in [1.82, 2.24) is 10.2 Å². The number of nitrogens with one attached hydrogen (secondary N) is 1. The molecule has 2 rings (SSSR count). The van der Waals surface area contributed by atoms with Gasteiger partial charge in [-0.25, -0.2) is 0 Å². The van der Waals surface area contributed by atoms with E-state index in [0.29, 0.717) is 0 Å². The SMILES string of the molecule is CCCNCc1ccc(CN2CCCCC2)cc1. The average Bonchev–Trinajstić information content (AvgIpc) is 2.42. The molecule has 18 heavy (non-hydrogen) atoms. The van der Waals surface area contributed by atoms with Gasteiger partial charge >= 0.3 is 0 Å². The summed E-state index contributed by atoms with van der Waals surface area (Å²) in [6.07, 6.45) is 5.36. The van der Waals surface area contributed by atoms with Crippen LogP contribution >= 0.6 is 0 Å². The van der Waals surface area contributed by atoms with Gasteiger partial charge in [0.05, 0.1) is 0 Å². The third kappa shape index (κ3) is 4.43. The van der Waals surface area contributed by atoms with Crippen LogP contribution in [0, 0.1) is 0 Å². The van der Waals surface area contributed by atoms with Crippen molar-refractivity contribution in [2.45, 2.75) is 45.7 Å². The Hall–Kier alpha value is -0.860. The number of nitrogens with zero attached hydrogens (tertiary/aromatic N) is 1. The van der Waals surface area contributed by atoms with Gasteiger partial charge in [0, 0.05) is 13.1 Å². The molecule has 0 bridgehead atoms. The van der Waals surface area contributed by atoms with Gasteiger partial charge in [0.1, 0.15) is 0 Å². The van der Waals surface area contributed by atoms with Crippen LogP contribution in [0.4, 0.5) is 0 Å². The largest absolute Gasteiger partial charge is 0.313 e. The van der Waals surface area contributed by atoms with Gasteiger partial charge < -0.3 is 5.32 Å². The molecule has 1 aliphatic rings. The number of likely N-dealkylation sites (tertiary alicyclic amines) is 1. The van der Waals surface area contributed by atoms with Gasteiger partial charge in [0.25, 0.3) is 0 Å². The van der Waals surface area contributed by atoms with Gasteiger partial charge in [-0.15, -0.1) is 0 Å². The van der Waals surface area contributed by atoms with Crippen molar-refractivity contribution >= 4 is 0 Å². The minimum absolute atomic E-state index is 0.998. The Labute approximate surface area is 111 Å². The van der Waals surface area contributed by atoms with E-state index >= 15 is 0 Å². The van der Waals surface area contributed by atoms with Crippen molar-refractivity contribution < 1.29 is 0 Å². The molecule has 0 spiro atoms. The Morgan fingerprint density at radius 1 is 1.00 bits per heavy atom. The summed E-state index contributed by atoms with van der Waals surface area (Å²) in [4.78, 5) is 2.58. The standard InChI is InChI=1S/C16H26N2/c1-2-10-17-13-15-6-8-16(9-7-15)14-18-11-4-3-5-12-18/h6-9,17H,2-5,10-14H2,1H3. The molecule has 1 heterocycles. The lowest BCUT2D eigenvalue weighted by Crippen LogP contribution is -2.29. The van der Waals surface area contributed by atoms with Crippen LogP contribution in [-0.2, 0) is 13.1 Å². The minimum Gasteiger partial charge on any atom is -0.313 e. The van der Waals surface area contributed by atoms with Crippen molar-refractivity contribution in [2.24, 2.45) is 0 Å². The molecule has 0 saturated carbocycles. The lowest BCUT2D eigenvalue weighted by atomic mass is 10.1. The summed E-state index contributed by atoms with van der Waals surface area (Å²) in [5, 5.41) is 3.44. The fourth-order valence-electron chi connectivity index (χ4n) is 2.55. The number of piperidine rings is 1. The maximum Gasteiger partial charge on any atom is 0.0233 e. The van der Waals surface area contributed by atoms with Crippen molar-refractivity contribution in [2.75, 3.05) is 19.6 Å². The van der Waals surface area contributed by atoms with Gasteiger partial charge in [-0.1, -0.05) is 37.6 Å². The molecule has 100 valence electrons. The highest BCUT2D eigenvalue weighted by molar-refractivity contribution is 5.22. The highest BCUT2D eigenvalue weighted by Gasteiger charge is 2.09.